The quantitative estimate of drug-likeness (QED) is 0.817. The molecule has 0 spiro atoms. The van der Waals surface area contributed by atoms with Crippen molar-refractivity contribution in [2.75, 3.05) is 0 Å². The van der Waals surface area contributed by atoms with Gasteiger partial charge in [0.05, 0.1) is 15.2 Å². The van der Waals surface area contributed by atoms with E-state index in [-0.39, 0.29) is 17.2 Å². The van der Waals surface area contributed by atoms with E-state index in [1.807, 2.05) is 22.6 Å². The molecule has 0 aliphatic heterocycles. The van der Waals surface area contributed by atoms with E-state index in [1.165, 1.54) is 6.39 Å². The number of carbonyl (C=O) groups is 1. The van der Waals surface area contributed by atoms with E-state index in [4.69, 9.17) is 0 Å². The summed E-state index contributed by atoms with van der Waals surface area (Å²) >= 11 is 1.96. The third kappa shape index (κ3) is 2.61. The summed E-state index contributed by atoms with van der Waals surface area (Å²) in [5.41, 5.74) is 0.220. The molecule has 0 fully saturated rings. The van der Waals surface area contributed by atoms with Gasteiger partial charge in [-0.3, -0.25) is 4.79 Å². The van der Waals surface area contributed by atoms with E-state index in [9.17, 15) is 9.90 Å². The van der Waals surface area contributed by atoms with Crippen molar-refractivity contribution in [1.82, 2.24) is 15.5 Å². The number of hydrogen-bond acceptors (Lipinski definition) is 5. The van der Waals surface area contributed by atoms with Crippen molar-refractivity contribution >= 4 is 28.5 Å². The Morgan fingerprint density at radius 2 is 2.33 bits per heavy atom. The van der Waals surface area contributed by atoms with Crippen LogP contribution in [0, 0.1) is 3.57 Å². The fraction of sp³-hybridized carbons (Fsp3) is 0.182. The summed E-state index contributed by atoms with van der Waals surface area (Å²) in [6.45, 7) is 1.73. The summed E-state index contributed by atoms with van der Waals surface area (Å²) < 4.78 is 5.22. The first-order chi connectivity index (χ1) is 8.59. The number of halogens is 1. The molecular weight excluding hydrogens is 349 g/mol. The number of amides is 1. The molecule has 0 aliphatic rings. The average Bonchev–Trinajstić information content (AvgIpc) is 2.86. The smallest absolute Gasteiger partial charge is 0.255 e. The molecule has 0 saturated carbocycles. The fourth-order valence-electron chi connectivity index (χ4n) is 1.41. The first kappa shape index (κ1) is 12.8. The Labute approximate surface area is 117 Å². The predicted molar refractivity (Wildman–Crippen MR) is 71.0 cm³/mol. The average molecular weight is 359 g/mol. The Hall–Kier alpha value is -1.64. The number of para-hydroxylation sites is 1. The molecule has 1 atom stereocenters. The van der Waals surface area contributed by atoms with E-state index >= 15 is 0 Å². The van der Waals surface area contributed by atoms with Crippen LogP contribution < -0.4 is 5.32 Å². The summed E-state index contributed by atoms with van der Waals surface area (Å²) in [6, 6.07) is 4.58. The first-order valence-electron chi connectivity index (χ1n) is 5.14. The second kappa shape index (κ2) is 5.34. The fourth-order valence-corrected chi connectivity index (χ4v) is 1.91. The second-order valence-corrected chi connectivity index (χ2v) is 4.78. The normalized spacial score (nSPS) is 12.1. The molecule has 1 unspecified atom stereocenters. The molecular formula is C11H10IN3O3. The number of phenols is 1. The van der Waals surface area contributed by atoms with Crippen molar-refractivity contribution < 1.29 is 14.4 Å². The van der Waals surface area contributed by atoms with E-state index in [1.54, 1.807) is 25.1 Å². The molecule has 0 radical (unpaired) electrons. The van der Waals surface area contributed by atoms with Crippen LogP contribution in [0.2, 0.25) is 0 Å². The minimum absolute atomic E-state index is 0.0316. The minimum atomic E-state index is -0.395. The van der Waals surface area contributed by atoms with Gasteiger partial charge in [0.25, 0.3) is 5.91 Å². The van der Waals surface area contributed by atoms with E-state index < -0.39 is 6.04 Å². The highest BCUT2D eigenvalue weighted by molar-refractivity contribution is 14.1. The van der Waals surface area contributed by atoms with Crippen molar-refractivity contribution in [3.05, 3.63) is 39.6 Å². The van der Waals surface area contributed by atoms with Crippen LogP contribution in [-0.4, -0.2) is 21.2 Å². The first-order valence-corrected chi connectivity index (χ1v) is 6.22. The van der Waals surface area contributed by atoms with Gasteiger partial charge in [-0.15, -0.1) is 0 Å². The summed E-state index contributed by atoms with van der Waals surface area (Å²) in [5, 5.41) is 16.1. The van der Waals surface area contributed by atoms with Crippen LogP contribution in [0.25, 0.3) is 0 Å². The Morgan fingerprint density at radius 1 is 1.56 bits per heavy atom. The zero-order valence-corrected chi connectivity index (χ0v) is 11.6. The topological polar surface area (TPSA) is 88.2 Å². The Morgan fingerprint density at radius 3 is 3.00 bits per heavy atom. The van der Waals surface area contributed by atoms with Gasteiger partial charge >= 0.3 is 0 Å². The molecule has 0 aliphatic carbocycles. The molecule has 94 valence electrons. The lowest BCUT2D eigenvalue weighted by Gasteiger charge is -2.11. The monoisotopic (exact) mass is 359 g/mol. The molecule has 0 saturated heterocycles. The highest BCUT2D eigenvalue weighted by atomic mass is 127. The van der Waals surface area contributed by atoms with Crippen LogP contribution >= 0.6 is 22.6 Å². The lowest BCUT2D eigenvalue weighted by atomic mass is 10.1. The lowest BCUT2D eigenvalue weighted by molar-refractivity contribution is 0.0935. The number of benzene rings is 1. The third-order valence-corrected chi connectivity index (χ3v) is 3.22. The van der Waals surface area contributed by atoms with Crippen molar-refractivity contribution in [1.29, 1.82) is 0 Å². The maximum absolute atomic E-state index is 12.0. The highest BCUT2D eigenvalue weighted by Crippen LogP contribution is 2.24. The van der Waals surface area contributed by atoms with Gasteiger partial charge in [0.2, 0.25) is 6.39 Å². The molecule has 2 N–H and O–H groups in total. The Bertz CT molecular complexity index is 557. The zero-order valence-electron chi connectivity index (χ0n) is 9.42. The molecule has 1 aromatic heterocycles. The highest BCUT2D eigenvalue weighted by Gasteiger charge is 2.18. The van der Waals surface area contributed by atoms with Gasteiger partial charge < -0.3 is 14.9 Å². The summed E-state index contributed by atoms with van der Waals surface area (Å²) in [4.78, 5) is 15.8. The van der Waals surface area contributed by atoms with Gasteiger partial charge in [0, 0.05) is 0 Å². The predicted octanol–water partition coefficient (Wildman–Crippen LogP) is 1.87. The molecule has 6 nitrogen and oxygen atoms in total. The number of aromatic nitrogens is 2. The van der Waals surface area contributed by atoms with Crippen molar-refractivity contribution in [3.63, 3.8) is 0 Å². The van der Waals surface area contributed by atoms with Crippen LogP contribution in [0.4, 0.5) is 0 Å². The van der Waals surface area contributed by atoms with Gasteiger partial charge in [-0.25, -0.2) is 0 Å². The number of carbonyl (C=O) groups excluding carboxylic acids is 1. The number of aromatic hydroxyl groups is 1. The zero-order chi connectivity index (χ0) is 13.1. The number of nitrogens with one attached hydrogen (secondary N) is 1. The molecule has 1 heterocycles. The van der Waals surface area contributed by atoms with Crippen molar-refractivity contribution in [2.45, 2.75) is 13.0 Å². The lowest BCUT2D eigenvalue weighted by Crippen LogP contribution is -2.27. The van der Waals surface area contributed by atoms with Crippen molar-refractivity contribution in [2.24, 2.45) is 0 Å². The molecule has 18 heavy (non-hydrogen) atoms. The standard InChI is InChI=1S/C11H10IN3O3/c1-6(10-13-5-18-15-10)14-11(17)7-3-2-4-8(12)9(7)16/h2-6,16H,1H3,(H,14,17). The minimum Gasteiger partial charge on any atom is -0.506 e. The molecule has 2 rings (SSSR count). The maximum Gasteiger partial charge on any atom is 0.255 e. The molecule has 7 heteroatoms. The van der Waals surface area contributed by atoms with Crippen LogP contribution in [0.15, 0.2) is 29.1 Å². The maximum atomic E-state index is 12.0. The van der Waals surface area contributed by atoms with Gasteiger partial charge in [-0.1, -0.05) is 11.2 Å². The molecule has 1 aromatic carbocycles. The van der Waals surface area contributed by atoms with Gasteiger partial charge in [0.1, 0.15) is 5.75 Å². The number of phenolic OH excluding ortho intramolecular Hbond substituents is 1. The van der Waals surface area contributed by atoms with Crippen LogP contribution in [0.3, 0.4) is 0 Å². The van der Waals surface area contributed by atoms with E-state index in [0.717, 1.165) is 0 Å². The van der Waals surface area contributed by atoms with Crippen LogP contribution in [0.1, 0.15) is 29.1 Å². The molecule has 1 amide bonds. The Kier molecular flexibility index (Phi) is 3.80. The summed E-state index contributed by atoms with van der Waals surface area (Å²) in [7, 11) is 0. The van der Waals surface area contributed by atoms with Gasteiger partial charge in [-0.2, -0.15) is 4.98 Å². The third-order valence-electron chi connectivity index (χ3n) is 2.34. The van der Waals surface area contributed by atoms with Gasteiger partial charge in [-0.05, 0) is 41.6 Å². The Balaban J connectivity index is 2.15. The largest absolute Gasteiger partial charge is 0.506 e. The van der Waals surface area contributed by atoms with Gasteiger partial charge in [0.15, 0.2) is 5.82 Å². The number of nitrogens with zero attached hydrogens (tertiary/aromatic N) is 2. The van der Waals surface area contributed by atoms with E-state index in [2.05, 4.69) is 20.0 Å². The summed E-state index contributed by atoms with van der Waals surface area (Å²) in [6.07, 6.45) is 1.20. The second-order valence-electron chi connectivity index (χ2n) is 3.62. The number of hydrogen-bond donors (Lipinski definition) is 2. The number of rotatable bonds is 3. The molecule has 2 aromatic rings. The SMILES string of the molecule is CC(NC(=O)c1cccc(I)c1O)c1ncon1. The molecule has 0 bridgehead atoms. The van der Waals surface area contributed by atoms with Crippen LogP contribution in [0.5, 0.6) is 5.75 Å². The van der Waals surface area contributed by atoms with E-state index in [0.29, 0.717) is 9.39 Å². The van der Waals surface area contributed by atoms with Crippen molar-refractivity contribution in [3.8, 4) is 5.75 Å². The van der Waals surface area contributed by atoms with Crippen LogP contribution in [-0.2, 0) is 0 Å². The summed E-state index contributed by atoms with van der Waals surface area (Å²) in [5.74, 6) is -0.0345.